The molecule has 0 aromatic heterocycles. The van der Waals surface area contributed by atoms with E-state index < -0.39 is 5.79 Å². The molecule has 0 aliphatic rings. The lowest BCUT2D eigenvalue weighted by Crippen LogP contribution is -2.30. The Morgan fingerprint density at radius 1 is 1.17 bits per heavy atom. The summed E-state index contributed by atoms with van der Waals surface area (Å²) in [6.45, 7) is 6.83. The molecule has 0 saturated carbocycles. The van der Waals surface area contributed by atoms with Gasteiger partial charge in [-0.2, -0.15) is 0 Å². The van der Waals surface area contributed by atoms with Crippen LogP contribution in [0.5, 0.6) is 0 Å². The largest absolute Gasteiger partial charge is 0.470 e. The Morgan fingerprint density at radius 2 is 1.89 bits per heavy atom. The van der Waals surface area contributed by atoms with Gasteiger partial charge >= 0.3 is 0 Å². The molecule has 0 aliphatic carbocycles. The summed E-state index contributed by atoms with van der Waals surface area (Å²) in [6.07, 6.45) is 6.87. The number of hydrogen-bond acceptors (Lipinski definition) is 2. The molecule has 0 amide bonds. The topological polar surface area (TPSA) is 18.5 Å². The summed E-state index contributed by atoms with van der Waals surface area (Å²) in [5.41, 5.74) is 1.13. The van der Waals surface area contributed by atoms with Crippen LogP contribution in [-0.2, 0) is 9.47 Å². The predicted molar refractivity (Wildman–Crippen MR) is 76.1 cm³/mol. The van der Waals surface area contributed by atoms with Crippen molar-refractivity contribution in [1.29, 1.82) is 0 Å². The molecule has 18 heavy (non-hydrogen) atoms. The Hall–Kier alpha value is -1.28. The number of hydrogen-bond donors (Lipinski definition) is 0. The van der Waals surface area contributed by atoms with Crippen molar-refractivity contribution >= 4 is 6.08 Å². The van der Waals surface area contributed by atoms with Crippen LogP contribution < -0.4 is 0 Å². The molecule has 0 saturated heterocycles. The second kappa shape index (κ2) is 7.93. The molecule has 1 atom stereocenters. The molecule has 0 heterocycles. The second-order valence-corrected chi connectivity index (χ2v) is 4.50. The van der Waals surface area contributed by atoms with Crippen molar-refractivity contribution in [3.8, 4) is 0 Å². The van der Waals surface area contributed by atoms with E-state index in [-0.39, 0.29) is 0 Å². The van der Waals surface area contributed by atoms with Gasteiger partial charge in [0.1, 0.15) is 0 Å². The van der Waals surface area contributed by atoms with E-state index in [9.17, 15) is 0 Å². The van der Waals surface area contributed by atoms with Crippen LogP contribution in [0.3, 0.4) is 0 Å². The van der Waals surface area contributed by atoms with Crippen LogP contribution in [0.1, 0.15) is 45.6 Å². The predicted octanol–water partition coefficient (Wildman–Crippen LogP) is 4.62. The zero-order valence-electron chi connectivity index (χ0n) is 11.7. The third-order valence-corrected chi connectivity index (χ3v) is 2.81. The lowest BCUT2D eigenvalue weighted by atomic mass is 10.1. The molecule has 0 N–H and O–H groups in total. The first kappa shape index (κ1) is 14.8. The zero-order chi connectivity index (χ0) is 13.3. The highest BCUT2D eigenvalue weighted by Gasteiger charge is 2.24. The van der Waals surface area contributed by atoms with Crippen LogP contribution in [0, 0.1) is 0 Å². The minimum Gasteiger partial charge on any atom is -0.470 e. The van der Waals surface area contributed by atoms with Gasteiger partial charge in [-0.15, -0.1) is 0 Å². The van der Waals surface area contributed by atoms with Gasteiger partial charge in [-0.25, -0.2) is 0 Å². The molecule has 1 rings (SSSR count). The molecule has 2 nitrogen and oxygen atoms in total. The van der Waals surface area contributed by atoms with Crippen molar-refractivity contribution in [2.75, 3.05) is 6.61 Å². The molecular formula is C16H24O2. The number of rotatable bonds is 8. The highest BCUT2D eigenvalue weighted by Crippen LogP contribution is 2.21. The minimum atomic E-state index is -0.504. The molecule has 0 fully saturated rings. The van der Waals surface area contributed by atoms with Crippen molar-refractivity contribution < 1.29 is 9.47 Å². The maximum Gasteiger partial charge on any atom is 0.206 e. The molecule has 0 spiro atoms. The lowest BCUT2D eigenvalue weighted by Gasteiger charge is -2.28. The van der Waals surface area contributed by atoms with E-state index in [1.54, 1.807) is 6.26 Å². The Morgan fingerprint density at radius 3 is 2.50 bits per heavy atom. The molecule has 100 valence electrons. The van der Waals surface area contributed by atoms with Crippen LogP contribution in [-0.4, -0.2) is 12.4 Å². The van der Waals surface area contributed by atoms with Crippen LogP contribution in [0.2, 0.25) is 0 Å². The average molecular weight is 248 g/mol. The van der Waals surface area contributed by atoms with Crippen LogP contribution >= 0.6 is 0 Å². The van der Waals surface area contributed by atoms with Crippen LogP contribution in [0.4, 0.5) is 0 Å². The highest BCUT2D eigenvalue weighted by atomic mass is 16.7. The standard InChI is InChI=1S/C16H24O2/c1-4-6-13-16(3,17-5-2)18-14-12-15-10-8-7-9-11-15/h7-12,14H,4-6,13H2,1-3H3. The fraction of sp³-hybridized carbons (Fsp3) is 0.500. The van der Waals surface area contributed by atoms with E-state index in [1.165, 1.54) is 0 Å². The second-order valence-electron chi connectivity index (χ2n) is 4.50. The third-order valence-electron chi connectivity index (χ3n) is 2.81. The summed E-state index contributed by atoms with van der Waals surface area (Å²) >= 11 is 0. The monoisotopic (exact) mass is 248 g/mol. The Labute approximate surface area is 111 Å². The third kappa shape index (κ3) is 5.37. The van der Waals surface area contributed by atoms with E-state index >= 15 is 0 Å². The van der Waals surface area contributed by atoms with Gasteiger partial charge in [0.2, 0.25) is 5.79 Å². The van der Waals surface area contributed by atoms with E-state index in [2.05, 4.69) is 6.92 Å². The first-order chi connectivity index (χ1) is 8.70. The van der Waals surface area contributed by atoms with Crippen molar-refractivity contribution in [2.24, 2.45) is 0 Å². The minimum absolute atomic E-state index is 0.504. The molecule has 2 heteroatoms. The molecule has 1 unspecified atom stereocenters. The first-order valence-electron chi connectivity index (χ1n) is 6.73. The SMILES string of the molecule is CCCCC(C)(OC=Cc1ccccc1)OCC. The van der Waals surface area contributed by atoms with Gasteiger partial charge in [0.05, 0.1) is 6.26 Å². The van der Waals surface area contributed by atoms with Gasteiger partial charge in [-0.3, -0.25) is 0 Å². The van der Waals surface area contributed by atoms with E-state index in [4.69, 9.17) is 9.47 Å². The lowest BCUT2D eigenvalue weighted by molar-refractivity contribution is -0.195. The van der Waals surface area contributed by atoms with Crippen LogP contribution in [0.25, 0.3) is 6.08 Å². The van der Waals surface area contributed by atoms with Gasteiger partial charge in [0, 0.05) is 20.0 Å². The fourth-order valence-electron chi connectivity index (χ4n) is 1.79. The van der Waals surface area contributed by atoms with Crippen molar-refractivity contribution in [3.05, 3.63) is 42.2 Å². The number of unbranched alkanes of at least 4 members (excludes halogenated alkanes) is 1. The molecule has 0 radical (unpaired) electrons. The number of ether oxygens (including phenoxy) is 2. The molecule has 0 aliphatic heterocycles. The van der Waals surface area contributed by atoms with Gasteiger partial charge in [-0.1, -0.05) is 43.7 Å². The van der Waals surface area contributed by atoms with Gasteiger partial charge in [0.15, 0.2) is 0 Å². The Kier molecular flexibility index (Phi) is 6.51. The Balaban J connectivity index is 2.53. The number of benzene rings is 1. The van der Waals surface area contributed by atoms with E-state index in [0.29, 0.717) is 6.61 Å². The van der Waals surface area contributed by atoms with Gasteiger partial charge < -0.3 is 9.47 Å². The van der Waals surface area contributed by atoms with Crippen LogP contribution in [0.15, 0.2) is 36.6 Å². The summed E-state index contributed by atoms with van der Waals surface area (Å²) in [5.74, 6) is -0.504. The summed E-state index contributed by atoms with van der Waals surface area (Å²) in [5, 5.41) is 0. The van der Waals surface area contributed by atoms with Gasteiger partial charge in [0.25, 0.3) is 0 Å². The fourth-order valence-corrected chi connectivity index (χ4v) is 1.79. The quantitative estimate of drug-likeness (QED) is 0.494. The average Bonchev–Trinajstić information content (AvgIpc) is 2.38. The summed E-state index contributed by atoms with van der Waals surface area (Å²) in [6, 6.07) is 10.1. The van der Waals surface area contributed by atoms with Crippen molar-refractivity contribution in [3.63, 3.8) is 0 Å². The summed E-state index contributed by atoms with van der Waals surface area (Å²) in [4.78, 5) is 0. The summed E-state index contributed by atoms with van der Waals surface area (Å²) < 4.78 is 11.5. The van der Waals surface area contributed by atoms with E-state index in [1.807, 2.05) is 50.3 Å². The highest BCUT2D eigenvalue weighted by molar-refractivity contribution is 5.47. The summed E-state index contributed by atoms with van der Waals surface area (Å²) in [7, 11) is 0. The maximum absolute atomic E-state index is 5.77. The normalized spacial score (nSPS) is 14.6. The zero-order valence-corrected chi connectivity index (χ0v) is 11.7. The van der Waals surface area contributed by atoms with Crippen molar-refractivity contribution in [2.45, 2.75) is 45.8 Å². The Bertz CT molecular complexity index is 345. The maximum atomic E-state index is 5.77. The molecule has 1 aromatic rings. The van der Waals surface area contributed by atoms with E-state index in [0.717, 1.165) is 24.8 Å². The molecule has 0 bridgehead atoms. The van der Waals surface area contributed by atoms with Gasteiger partial charge in [-0.05, 0) is 25.0 Å². The molecular weight excluding hydrogens is 224 g/mol. The molecule has 1 aromatic carbocycles. The van der Waals surface area contributed by atoms with Crippen molar-refractivity contribution in [1.82, 2.24) is 0 Å². The smallest absolute Gasteiger partial charge is 0.206 e. The first-order valence-corrected chi connectivity index (χ1v) is 6.73.